The van der Waals surface area contributed by atoms with E-state index in [1.807, 2.05) is 12.1 Å². The minimum Gasteiger partial charge on any atom is -0.482 e. The highest BCUT2D eigenvalue weighted by Crippen LogP contribution is 2.24. The lowest BCUT2D eigenvalue weighted by Gasteiger charge is -2.20. The summed E-state index contributed by atoms with van der Waals surface area (Å²) in [7, 11) is 0. The SMILES string of the molecule is CCCCCCC(Oc1cc(C)c(C)c(C)c1)C(=O)c1ccc(Cl)cc1. The van der Waals surface area contributed by atoms with E-state index in [0.29, 0.717) is 10.6 Å². The predicted molar refractivity (Wildman–Crippen MR) is 110 cm³/mol. The van der Waals surface area contributed by atoms with E-state index in [9.17, 15) is 4.79 Å². The zero-order valence-electron chi connectivity index (χ0n) is 16.3. The average molecular weight is 373 g/mol. The van der Waals surface area contributed by atoms with E-state index >= 15 is 0 Å². The van der Waals surface area contributed by atoms with Crippen LogP contribution in [0.1, 0.15) is 66.1 Å². The van der Waals surface area contributed by atoms with Crippen molar-refractivity contribution in [3.63, 3.8) is 0 Å². The van der Waals surface area contributed by atoms with Crippen molar-refractivity contribution in [2.75, 3.05) is 0 Å². The molecule has 0 saturated heterocycles. The van der Waals surface area contributed by atoms with Crippen LogP contribution >= 0.6 is 11.6 Å². The largest absolute Gasteiger partial charge is 0.482 e. The molecule has 2 aromatic carbocycles. The van der Waals surface area contributed by atoms with Crippen molar-refractivity contribution in [2.24, 2.45) is 0 Å². The summed E-state index contributed by atoms with van der Waals surface area (Å²) >= 11 is 5.95. The summed E-state index contributed by atoms with van der Waals surface area (Å²) in [6.45, 7) is 8.44. The van der Waals surface area contributed by atoms with Crippen molar-refractivity contribution in [1.82, 2.24) is 0 Å². The van der Waals surface area contributed by atoms with Crippen LogP contribution in [0, 0.1) is 20.8 Å². The van der Waals surface area contributed by atoms with Gasteiger partial charge in [0.05, 0.1) is 0 Å². The zero-order chi connectivity index (χ0) is 19.1. The van der Waals surface area contributed by atoms with Crippen LogP contribution in [0.2, 0.25) is 5.02 Å². The minimum absolute atomic E-state index is 0.0223. The first kappa shape index (κ1) is 20.5. The smallest absolute Gasteiger partial charge is 0.203 e. The monoisotopic (exact) mass is 372 g/mol. The van der Waals surface area contributed by atoms with Gasteiger partial charge in [-0.25, -0.2) is 0 Å². The minimum atomic E-state index is -0.463. The number of ketones is 1. The Morgan fingerprint density at radius 2 is 1.62 bits per heavy atom. The highest BCUT2D eigenvalue weighted by Gasteiger charge is 2.22. The molecule has 26 heavy (non-hydrogen) atoms. The maximum Gasteiger partial charge on any atom is 0.203 e. The third kappa shape index (κ3) is 5.60. The Kier molecular flexibility index (Phi) is 7.71. The van der Waals surface area contributed by atoms with Gasteiger partial charge in [-0.15, -0.1) is 0 Å². The molecule has 0 aliphatic carbocycles. The van der Waals surface area contributed by atoms with Crippen molar-refractivity contribution in [2.45, 2.75) is 65.9 Å². The van der Waals surface area contributed by atoms with E-state index in [4.69, 9.17) is 16.3 Å². The molecule has 0 heterocycles. The number of hydrogen-bond acceptors (Lipinski definition) is 2. The van der Waals surface area contributed by atoms with Crippen LogP contribution in [0.25, 0.3) is 0 Å². The highest BCUT2D eigenvalue weighted by atomic mass is 35.5. The second kappa shape index (κ2) is 9.78. The Balaban J connectivity index is 2.19. The van der Waals surface area contributed by atoms with E-state index in [1.54, 1.807) is 24.3 Å². The molecule has 2 aromatic rings. The number of ether oxygens (including phenoxy) is 1. The Hall–Kier alpha value is -1.80. The van der Waals surface area contributed by atoms with Crippen LogP contribution in [-0.4, -0.2) is 11.9 Å². The molecule has 0 spiro atoms. The van der Waals surface area contributed by atoms with Crippen molar-refractivity contribution in [3.05, 3.63) is 63.7 Å². The molecule has 2 rings (SSSR count). The first-order chi connectivity index (χ1) is 12.4. The molecule has 0 aliphatic heterocycles. The van der Waals surface area contributed by atoms with Gasteiger partial charge in [0.25, 0.3) is 0 Å². The van der Waals surface area contributed by atoms with Crippen LogP contribution in [0.3, 0.4) is 0 Å². The summed E-state index contributed by atoms with van der Waals surface area (Å²) in [5, 5.41) is 0.631. The number of carbonyl (C=O) groups is 1. The second-order valence-electron chi connectivity index (χ2n) is 7.01. The van der Waals surface area contributed by atoms with E-state index in [2.05, 4.69) is 27.7 Å². The van der Waals surface area contributed by atoms with Gasteiger partial charge in [0, 0.05) is 10.6 Å². The molecule has 0 amide bonds. The fourth-order valence-corrected chi connectivity index (χ4v) is 3.15. The maximum absolute atomic E-state index is 13.0. The Labute approximate surface area is 162 Å². The average Bonchev–Trinajstić information content (AvgIpc) is 2.62. The number of hydrogen-bond donors (Lipinski definition) is 0. The first-order valence-corrected chi connectivity index (χ1v) is 9.84. The van der Waals surface area contributed by atoms with Crippen LogP contribution in [-0.2, 0) is 0 Å². The van der Waals surface area contributed by atoms with Gasteiger partial charge in [-0.2, -0.15) is 0 Å². The van der Waals surface area contributed by atoms with Crippen molar-refractivity contribution in [1.29, 1.82) is 0 Å². The summed E-state index contributed by atoms with van der Waals surface area (Å²) in [5.41, 5.74) is 4.28. The van der Waals surface area contributed by atoms with Gasteiger partial charge in [0.2, 0.25) is 5.78 Å². The lowest BCUT2D eigenvalue weighted by Crippen LogP contribution is -2.27. The quantitative estimate of drug-likeness (QED) is 0.354. The fourth-order valence-electron chi connectivity index (χ4n) is 3.03. The number of unbranched alkanes of at least 4 members (excludes halogenated alkanes) is 3. The highest BCUT2D eigenvalue weighted by molar-refractivity contribution is 6.30. The van der Waals surface area contributed by atoms with Crippen LogP contribution in [0.4, 0.5) is 0 Å². The lowest BCUT2D eigenvalue weighted by atomic mass is 10.00. The topological polar surface area (TPSA) is 26.3 Å². The molecule has 0 N–H and O–H groups in total. The normalized spacial score (nSPS) is 12.0. The zero-order valence-corrected chi connectivity index (χ0v) is 17.0. The van der Waals surface area contributed by atoms with Gasteiger partial charge in [-0.05, 0) is 86.7 Å². The Morgan fingerprint density at radius 1 is 1.00 bits per heavy atom. The molecule has 0 bridgehead atoms. The van der Waals surface area contributed by atoms with E-state index in [0.717, 1.165) is 25.0 Å². The molecular weight excluding hydrogens is 344 g/mol. The molecule has 0 aromatic heterocycles. The molecule has 1 unspecified atom stereocenters. The van der Waals surface area contributed by atoms with Gasteiger partial charge in [-0.3, -0.25) is 4.79 Å². The summed E-state index contributed by atoms with van der Waals surface area (Å²) in [6.07, 6.45) is 4.73. The third-order valence-corrected chi connectivity index (χ3v) is 5.17. The molecule has 0 saturated carbocycles. The predicted octanol–water partition coefficient (Wildman–Crippen LogP) is 6.87. The molecule has 0 fully saturated rings. The van der Waals surface area contributed by atoms with Gasteiger partial charge < -0.3 is 4.74 Å². The molecular formula is C23H29ClO2. The Bertz CT molecular complexity index is 711. The standard InChI is InChI=1S/C23H29ClO2/c1-5-6-7-8-9-22(23(25)19-10-12-20(24)13-11-19)26-21-14-16(2)18(4)17(3)15-21/h10-15,22H,5-9H2,1-4H3. The molecule has 1 atom stereocenters. The lowest BCUT2D eigenvalue weighted by molar-refractivity contribution is 0.0773. The van der Waals surface area contributed by atoms with Crippen LogP contribution < -0.4 is 4.74 Å². The van der Waals surface area contributed by atoms with Crippen LogP contribution in [0.5, 0.6) is 5.75 Å². The summed E-state index contributed by atoms with van der Waals surface area (Å²) in [4.78, 5) is 13.0. The second-order valence-corrected chi connectivity index (χ2v) is 7.45. The number of halogens is 1. The van der Waals surface area contributed by atoms with Crippen LogP contribution in [0.15, 0.2) is 36.4 Å². The van der Waals surface area contributed by atoms with E-state index in [-0.39, 0.29) is 5.78 Å². The number of Topliss-reactive ketones (excluding diaryl/α,β-unsaturated/α-hetero) is 1. The molecule has 0 aliphatic rings. The maximum atomic E-state index is 13.0. The van der Waals surface area contributed by atoms with Gasteiger partial charge in [0.15, 0.2) is 6.10 Å². The van der Waals surface area contributed by atoms with Gasteiger partial charge >= 0.3 is 0 Å². The van der Waals surface area contributed by atoms with E-state index < -0.39 is 6.10 Å². The van der Waals surface area contributed by atoms with E-state index in [1.165, 1.54) is 29.5 Å². The first-order valence-electron chi connectivity index (χ1n) is 9.46. The summed E-state index contributed by atoms with van der Waals surface area (Å²) in [5.74, 6) is 0.794. The summed E-state index contributed by atoms with van der Waals surface area (Å²) in [6, 6.07) is 11.1. The van der Waals surface area contributed by atoms with Crippen molar-refractivity contribution in [3.8, 4) is 5.75 Å². The fraction of sp³-hybridized carbons (Fsp3) is 0.435. The third-order valence-electron chi connectivity index (χ3n) is 4.92. The van der Waals surface area contributed by atoms with Gasteiger partial charge in [-0.1, -0.05) is 37.8 Å². The Morgan fingerprint density at radius 3 is 2.19 bits per heavy atom. The number of carbonyl (C=O) groups excluding carboxylic acids is 1. The number of rotatable bonds is 9. The van der Waals surface area contributed by atoms with Crippen molar-refractivity contribution < 1.29 is 9.53 Å². The molecule has 140 valence electrons. The molecule has 2 nitrogen and oxygen atoms in total. The molecule has 0 radical (unpaired) electrons. The van der Waals surface area contributed by atoms with Gasteiger partial charge in [0.1, 0.15) is 5.75 Å². The van der Waals surface area contributed by atoms with Crippen molar-refractivity contribution >= 4 is 17.4 Å². The number of benzene rings is 2. The molecule has 3 heteroatoms. The summed E-state index contributed by atoms with van der Waals surface area (Å²) < 4.78 is 6.18. The number of aryl methyl sites for hydroxylation is 2.